The minimum atomic E-state index is -0.707. The second kappa shape index (κ2) is 9.18. The van der Waals surface area contributed by atoms with Crippen LogP contribution in [0.25, 0.3) is 0 Å². The molecular weight excluding hydrogens is 356 g/mol. The van der Waals surface area contributed by atoms with Crippen LogP contribution in [0.5, 0.6) is 11.5 Å². The first-order chi connectivity index (χ1) is 12.9. The molecule has 0 saturated heterocycles. The summed E-state index contributed by atoms with van der Waals surface area (Å²) in [6, 6.07) is 10.8. The Hall–Kier alpha value is -3.62. The second-order valence-electron chi connectivity index (χ2n) is 5.34. The number of amides is 1. The summed E-state index contributed by atoms with van der Waals surface area (Å²) in [6.07, 6.45) is 0. The number of nitrogens with zero attached hydrogens (tertiary/aromatic N) is 1. The van der Waals surface area contributed by atoms with Gasteiger partial charge in [-0.1, -0.05) is 12.1 Å². The fraction of sp³-hybridized carbons (Fsp3) is 0.222. The topological polar surface area (TPSA) is 117 Å². The molecule has 0 aromatic heterocycles. The van der Waals surface area contributed by atoms with Crippen LogP contribution in [0.3, 0.4) is 0 Å². The number of hydrogen-bond donors (Lipinski definition) is 1. The summed E-state index contributed by atoms with van der Waals surface area (Å²) in [4.78, 5) is 33.8. The summed E-state index contributed by atoms with van der Waals surface area (Å²) in [7, 11) is 2.73. The van der Waals surface area contributed by atoms with Gasteiger partial charge in [0.2, 0.25) is 0 Å². The molecule has 0 heterocycles. The van der Waals surface area contributed by atoms with Gasteiger partial charge in [-0.3, -0.25) is 14.9 Å². The number of hydrogen-bond acceptors (Lipinski definition) is 7. The molecule has 0 aliphatic rings. The summed E-state index contributed by atoms with van der Waals surface area (Å²) in [6.45, 7) is -0.135. The Bertz CT molecular complexity index is 834. The average Bonchev–Trinajstić information content (AvgIpc) is 2.70. The third-order valence-corrected chi connectivity index (χ3v) is 3.58. The first-order valence-corrected chi connectivity index (χ1v) is 7.83. The van der Waals surface area contributed by atoms with E-state index in [1.165, 1.54) is 19.2 Å². The summed E-state index contributed by atoms with van der Waals surface area (Å²) in [5, 5.41) is 13.8. The molecule has 2 aromatic rings. The van der Waals surface area contributed by atoms with Gasteiger partial charge in [-0.15, -0.1) is 0 Å². The second-order valence-corrected chi connectivity index (χ2v) is 5.34. The maximum atomic E-state index is 11.9. The lowest BCUT2D eigenvalue weighted by molar-refractivity contribution is -0.385. The van der Waals surface area contributed by atoms with E-state index in [0.717, 1.165) is 11.6 Å². The van der Waals surface area contributed by atoms with Crippen LogP contribution in [0, 0.1) is 10.1 Å². The SMILES string of the molecule is COC(=O)c1ccc(OCC(=O)NCc2ccc(OC)cc2)c([N+](=O)[O-])c1. The van der Waals surface area contributed by atoms with Crippen molar-refractivity contribution in [3.63, 3.8) is 0 Å². The van der Waals surface area contributed by atoms with Crippen LogP contribution in [0.15, 0.2) is 42.5 Å². The van der Waals surface area contributed by atoms with Gasteiger partial charge in [-0.25, -0.2) is 4.79 Å². The molecule has 0 spiro atoms. The number of esters is 1. The molecule has 0 fully saturated rings. The van der Waals surface area contributed by atoms with Crippen molar-refractivity contribution >= 4 is 17.6 Å². The highest BCUT2D eigenvalue weighted by molar-refractivity contribution is 5.90. The standard InChI is InChI=1S/C18H18N2O7/c1-25-14-6-3-12(4-7-14)10-19-17(21)11-27-16-8-5-13(18(22)26-2)9-15(16)20(23)24/h3-9H,10-11H2,1-2H3,(H,19,21). The smallest absolute Gasteiger partial charge is 0.338 e. The number of nitrogens with one attached hydrogen (secondary N) is 1. The number of carbonyl (C=O) groups is 2. The Balaban J connectivity index is 1.95. The molecule has 0 aliphatic heterocycles. The number of nitro groups is 1. The summed E-state index contributed by atoms with van der Waals surface area (Å²) < 4.78 is 14.8. The zero-order chi connectivity index (χ0) is 19.8. The largest absolute Gasteiger partial charge is 0.497 e. The van der Waals surface area contributed by atoms with Crippen molar-refractivity contribution in [2.45, 2.75) is 6.54 Å². The van der Waals surface area contributed by atoms with E-state index in [2.05, 4.69) is 10.1 Å². The maximum absolute atomic E-state index is 11.9. The predicted molar refractivity (Wildman–Crippen MR) is 94.8 cm³/mol. The van der Waals surface area contributed by atoms with E-state index in [4.69, 9.17) is 9.47 Å². The van der Waals surface area contributed by atoms with E-state index in [9.17, 15) is 19.7 Å². The minimum absolute atomic E-state index is 0.0144. The molecular formula is C18H18N2O7. The molecule has 9 heteroatoms. The molecule has 0 radical (unpaired) electrons. The predicted octanol–water partition coefficient (Wildman–Crippen LogP) is 2.09. The number of methoxy groups -OCH3 is 2. The van der Waals surface area contributed by atoms with Gasteiger partial charge in [-0.2, -0.15) is 0 Å². The maximum Gasteiger partial charge on any atom is 0.338 e. The third kappa shape index (κ3) is 5.43. The van der Waals surface area contributed by atoms with Gasteiger partial charge in [-0.05, 0) is 29.8 Å². The van der Waals surface area contributed by atoms with Gasteiger partial charge in [0, 0.05) is 12.6 Å². The highest BCUT2D eigenvalue weighted by Gasteiger charge is 2.20. The van der Waals surface area contributed by atoms with Crippen LogP contribution >= 0.6 is 0 Å². The van der Waals surface area contributed by atoms with Crippen molar-refractivity contribution in [1.29, 1.82) is 0 Å². The molecule has 0 unspecified atom stereocenters. The first-order valence-electron chi connectivity index (χ1n) is 7.83. The Morgan fingerprint density at radius 1 is 1.11 bits per heavy atom. The average molecular weight is 374 g/mol. The molecule has 142 valence electrons. The molecule has 27 heavy (non-hydrogen) atoms. The van der Waals surface area contributed by atoms with Gasteiger partial charge >= 0.3 is 11.7 Å². The van der Waals surface area contributed by atoms with E-state index in [1.807, 2.05) is 0 Å². The van der Waals surface area contributed by atoms with E-state index >= 15 is 0 Å². The zero-order valence-electron chi connectivity index (χ0n) is 14.8. The van der Waals surface area contributed by atoms with Crippen molar-refractivity contribution in [3.8, 4) is 11.5 Å². The van der Waals surface area contributed by atoms with Crippen LogP contribution < -0.4 is 14.8 Å². The van der Waals surface area contributed by atoms with Gasteiger partial charge < -0.3 is 19.5 Å². The zero-order valence-corrected chi connectivity index (χ0v) is 14.8. The van der Waals surface area contributed by atoms with Crippen LogP contribution in [-0.2, 0) is 16.1 Å². The number of benzene rings is 2. The molecule has 0 aliphatic carbocycles. The Kier molecular flexibility index (Phi) is 6.70. The molecule has 0 atom stereocenters. The quantitative estimate of drug-likeness (QED) is 0.427. The van der Waals surface area contributed by atoms with Crippen LogP contribution in [0.1, 0.15) is 15.9 Å². The first kappa shape index (κ1) is 19.7. The van der Waals surface area contributed by atoms with Gasteiger partial charge in [0.1, 0.15) is 5.75 Å². The van der Waals surface area contributed by atoms with Crippen molar-refractivity contribution < 1.29 is 28.7 Å². The number of rotatable bonds is 8. The van der Waals surface area contributed by atoms with Crippen LogP contribution in [-0.4, -0.2) is 37.6 Å². The molecule has 0 bridgehead atoms. The van der Waals surface area contributed by atoms with Gasteiger partial charge in [0.25, 0.3) is 5.91 Å². The molecule has 2 rings (SSSR count). The summed E-state index contributed by atoms with van der Waals surface area (Å²) in [5.74, 6) is -0.567. The van der Waals surface area contributed by atoms with E-state index in [1.54, 1.807) is 31.4 Å². The highest BCUT2D eigenvalue weighted by atomic mass is 16.6. The number of ether oxygens (including phenoxy) is 3. The van der Waals surface area contributed by atoms with Crippen molar-refractivity contribution in [1.82, 2.24) is 5.32 Å². The molecule has 9 nitrogen and oxygen atoms in total. The molecule has 2 aromatic carbocycles. The highest BCUT2D eigenvalue weighted by Crippen LogP contribution is 2.28. The number of nitro benzene ring substituents is 1. The summed E-state index contributed by atoms with van der Waals surface area (Å²) >= 11 is 0. The molecule has 1 N–H and O–H groups in total. The lowest BCUT2D eigenvalue weighted by Crippen LogP contribution is -2.28. The monoisotopic (exact) mass is 374 g/mol. The lowest BCUT2D eigenvalue weighted by atomic mass is 10.2. The lowest BCUT2D eigenvalue weighted by Gasteiger charge is -2.09. The molecule has 0 saturated carbocycles. The van der Waals surface area contributed by atoms with E-state index in [0.29, 0.717) is 5.75 Å². The Morgan fingerprint density at radius 3 is 2.41 bits per heavy atom. The normalized spacial score (nSPS) is 10.0. The number of carbonyl (C=O) groups excluding carboxylic acids is 2. The van der Waals surface area contributed by atoms with Crippen molar-refractivity contribution in [3.05, 3.63) is 63.7 Å². The van der Waals surface area contributed by atoms with Crippen LogP contribution in [0.2, 0.25) is 0 Å². The van der Waals surface area contributed by atoms with Crippen molar-refractivity contribution in [2.75, 3.05) is 20.8 Å². The Morgan fingerprint density at radius 2 is 1.81 bits per heavy atom. The molecule has 1 amide bonds. The van der Waals surface area contributed by atoms with Gasteiger partial charge in [0.15, 0.2) is 12.4 Å². The Labute approximate surface area is 155 Å². The van der Waals surface area contributed by atoms with E-state index in [-0.39, 0.29) is 17.9 Å². The minimum Gasteiger partial charge on any atom is -0.497 e. The fourth-order valence-corrected chi connectivity index (χ4v) is 2.17. The third-order valence-electron chi connectivity index (χ3n) is 3.58. The van der Waals surface area contributed by atoms with Gasteiger partial charge in [0.05, 0.1) is 24.7 Å². The van der Waals surface area contributed by atoms with Crippen LogP contribution in [0.4, 0.5) is 5.69 Å². The van der Waals surface area contributed by atoms with Crippen molar-refractivity contribution in [2.24, 2.45) is 0 Å². The van der Waals surface area contributed by atoms with E-state index < -0.39 is 29.1 Å². The fourth-order valence-electron chi connectivity index (χ4n) is 2.17. The summed E-state index contributed by atoms with van der Waals surface area (Å²) in [5.41, 5.74) is 0.443.